The molecule has 0 unspecified atom stereocenters. The van der Waals surface area contributed by atoms with Crippen LogP contribution in [0.3, 0.4) is 0 Å². The molecule has 0 aliphatic carbocycles. The Hall–Kier alpha value is 0.230. The van der Waals surface area contributed by atoms with Crippen LogP contribution < -0.4 is 0 Å². The molecule has 0 aliphatic heterocycles. The summed E-state index contributed by atoms with van der Waals surface area (Å²) < 4.78 is 0. The number of thiol groups is 1. The van der Waals surface area contributed by atoms with Gasteiger partial charge in [0.2, 0.25) is 0 Å². The second kappa shape index (κ2) is 4.96. The molecule has 3 N–H and O–H groups in total. The summed E-state index contributed by atoms with van der Waals surface area (Å²) in [6.45, 7) is -0.582. The molecular weight excluding hydrogens is 152 g/mol. The summed E-state index contributed by atoms with van der Waals surface area (Å²) in [6, 6.07) is 0. The lowest BCUT2D eigenvalue weighted by Gasteiger charge is -2.25. The maximum Gasteiger partial charge on any atom is 0.0531 e. The van der Waals surface area contributed by atoms with Crippen molar-refractivity contribution in [2.45, 2.75) is 6.42 Å². The van der Waals surface area contributed by atoms with Gasteiger partial charge >= 0.3 is 0 Å². The van der Waals surface area contributed by atoms with E-state index in [-0.39, 0.29) is 19.8 Å². The van der Waals surface area contributed by atoms with Crippen molar-refractivity contribution in [3.05, 3.63) is 0 Å². The molecule has 0 amide bonds. The van der Waals surface area contributed by atoms with Gasteiger partial charge in [-0.3, -0.25) is 0 Å². The zero-order chi connectivity index (χ0) is 8.04. The highest BCUT2D eigenvalue weighted by Gasteiger charge is 2.26. The van der Waals surface area contributed by atoms with Gasteiger partial charge in [0.05, 0.1) is 19.8 Å². The molecule has 0 heterocycles. The van der Waals surface area contributed by atoms with Crippen molar-refractivity contribution in [2.75, 3.05) is 25.6 Å². The fourth-order valence-corrected chi connectivity index (χ4v) is 1.10. The lowest BCUT2D eigenvalue weighted by Crippen LogP contribution is -2.34. The maximum absolute atomic E-state index is 8.75. The molecular formula is C6H14O3S. The van der Waals surface area contributed by atoms with Gasteiger partial charge in [-0.1, -0.05) is 0 Å². The molecule has 0 atom stereocenters. The third-order valence-corrected chi connectivity index (χ3v) is 1.87. The van der Waals surface area contributed by atoms with Crippen molar-refractivity contribution in [3.8, 4) is 0 Å². The lowest BCUT2D eigenvalue weighted by molar-refractivity contribution is 0.00395. The van der Waals surface area contributed by atoms with Gasteiger partial charge in [-0.2, -0.15) is 12.6 Å². The topological polar surface area (TPSA) is 60.7 Å². The van der Waals surface area contributed by atoms with Crippen LogP contribution in [0, 0.1) is 5.41 Å². The van der Waals surface area contributed by atoms with E-state index in [1.165, 1.54) is 0 Å². The first kappa shape index (κ1) is 10.2. The summed E-state index contributed by atoms with van der Waals surface area (Å²) in [7, 11) is 0. The van der Waals surface area contributed by atoms with Gasteiger partial charge in [0.15, 0.2) is 0 Å². The summed E-state index contributed by atoms with van der Waals surface area (Å²) in [5, 5.41) is 26.3. The Morgan fingerprint density at radius 3 is 1.50 bits per heavy atom. The molecule has 0 bridgehead atoms. The summed E-state index contributed by atoms with van der Waals surface area (Å²) >= 11 is 3.94. The van der Waals surface area contributed by atoms with Gasteiger partial charge in [-0.15, -0.1) is 0 Å². The van der Waals surface area contributed by atoms with Crippen molar-refractivity contribution >= 4 is 12.6 Å². The Bertz CT molecular complexity index is 74.8. The Morgan fingerprint density at radius 2 is 1.40 bits per heavy atom. The van der Waals surface area contributed by atoms with Crippen LogP contribution in [0.4, 0.5) is 0 Å². The monoisotopic (exact) mass is 166 g/mol. The predicted molar refractivity (Wildman–Crippen MR) is 42.2 cm³/mol. The molecule has 0 fully saturated rings. The van der Waals surface area contributed by atoms with Crippen LogP contribution in [0.1, 0.15) is 6.42 Å². The molecule has 3 nitrogen and oxygen atoms in total. The molecule has 0 aromatic heterocycles. The molecule has 0 rings (SSSR count). The molecule has 0 spiro atoms. The molecule has 4 heteroatoms. The van der Waals surface area contributed by atoms with E-state index in [4.69, 9.17) is 15.3 Å². The average molecular weight is 166 g/mol. The number of aliphatic hydroxyl groups is 3. The minimum Gasteiger partial charge on any atom is -0.396 e. The van der Waals surface area contributed by atoms with Gasteiger partial charge in [0, 0.05) is 5.41 Å². The Balaban J connectivity index is 3.87. The number of aliphatic hydroxyl groups excluding tert-OH is 3. The Morgan fingerprint density at radius 1 is 1.00 bits per heavy atom. The standard InChI is InChI=1S/C6H14O3S/c7-3-6(4-8,5-9)1-2-10/h7-10H,1-5H2. The highest BCUT2D eigenvalue weighted by atomic mass is 32.1. The summed E-state index contributed by atoms with van der Waals surface area (Å²) in [4.78, 5) is 0. The third-order valence-electron chi connectivity index (χ3n) is 1.65. The van der Waals surface area contributed by atoms with E-state index in [0.29, 0.717) is 12.2 Å². The molecule has 0 saturated carbocycles. The Labute approximate surface area is 66.1 Å². The maximum atomic E-state index is 8.75. The van der Waals surface area contributed by atoms with Gasteiger partial charge in [0.1, 0.15) is 0 Å². The van der Waals surface area contributed by atoms with Gasteiger partial charge in [0.25, 0.3) is 0 Å². The van der Waals surface area contributed by atoms with Crippen LogP contribution >= 0.6 is 12.6 Å². The molecule has 0 radical (unpaired) electrons. The minimum absolute atomic E-state index is 0.194. The minimum atomic E-state index is -0.734. The fourth-order valence-electron chi connectivity index (χ4n) is 0.624. The average Bonchev–Trinajstić information content (AvgIpc) is 2.01. The largest absolute Gasteiger partial charge is 0.396 e. The van der Waals surface area contributed by atoms with Crippen LogP contribution in [0.25, 0.3) is 0 Å². The zero-order valence-electron chi connectivity index (χ0n) is 5.82. The molecule has 0 aromatic carbocycles. The third kappa shape index (κ3) is 2.46. The van der Waals surface area contributed by atoms with Gasteiger partial charge in [-0.25, -0.2) is 0 Å². The normalized spacial score (nSPS) is 12.0. The predicted octanol–water partition coefficient (Wildman–Crippen LogP) is -0.730. The zero-order valence-corrected chi connectivity index (χ0v) is 6.72. The fraction of sp³-hybridized carbons (Fsp3) is 1.00. The van der Waals surface area contributed by atoms with Crippen LogP contribution in [-0.2, 0) is 0 Å². The molecule has 0 aliphatic rings. The van der Waals surface area contributed by atoms with Crippen molar-refractivity contribution in [3.63, 3.8) is 0 Å². The molecule has 0 saturated heterocycles. The summed E-state index contributed by atoms with van der Waals surface area (Å²) in [5.41, 5.74) is -0.734. The molecule has 62 valence electrons. The van der Waals surface area contributed by atoms with Crippen molar-refractivity contribution in [2.24, 2.45) is 5.41 Å². The Kier molecular flexibility index (Phi) is 5.07. The second-order valence-electron chi connectivity index (χ2n) is 2.45. The van der Waals surface area contributed by atoms with E-state index in [2.05, 4.69) is 12.6 Å². The quantitative estimate of drug-likeness (QED) is 0.407. The van der Waals surface area contributed by atoms with Gasteiger partial charge in [-0.05, 0) is 12.2 Å². The summed E-state index contributed by atoms with van der Waals surface area (Å²) in [6.07, 6.45) is 0.527. The second-order valence-corrected chi connectivity index (χ2v) is 2.90. The molecule has 0 aromatic rings. The van der Waals surface area contributed by atoms with E-state index in [0.717, 1.165) is 0 Å². The smallest absolute Gasteiger partial charge is 0.0531 e. The van der Waals surface area contributed by atoms with E-state index in [9.17, 15) is 0 Å². The van der Waals surface area contributed by atoms with Crippen LogP contribution in [0.2, 0.25) is 0 Å². The highest BCUT2D eigenvalue weighted by molar-refractivity contribution is 7.80. The van der Waals surface area contributed by atoms with E-state index in [1.807, 2.05) is 0 Å². The van der Waals surface area contributed by atoms with E-state index >= 15 is 0 Å². The van der Waals surface area contributed by atoms with E-state index < -0.39 is 5.41 Å². The van der Waals surface area contributed by atoms with Crippen molar-refractivity contribution < 1.29 is 15.3 Å². The lowest BCUT2D eigenvalue weighted by atomic mass is 9.88. The van der Waals surface area contributed by atoms with Crippen LogP contribution in [-0.4, -0.2) is 40.9 Å². The van der Waals surface area contributed by atoms with Crippen molar-refractivity contribution in [1.29, 1.82) is 0 Å². The first-order valence-corrected chi connectivity index (χ1v) is 3.81. The van der Waals surface area contributed by atoms with Crippen LogP contribution in [0.15, 0.2) is 0 Å². The number of rotatable bonds is 5. The molecule has 10 heavy (non-hydrogen) atoms. The first-order valence-electron chi connectivity index (χ1n) is 3.18. The van der Waals surface area contributed by atoms with E-state index in [1.54, 1.807) is 0 Å². The van der Waals surface area contributed by atoms with Gasteiger partial charge < -0.3 is 15.3 Å². The number of hydrogen-bond donors (Lipinski definition) is 4. The van der Waals surface area contributed by atoms with Crippen molar-refractivity contribution in [1.82, 2.24) is 0 Å². The first-order chi connectivity index (χ1) is 4.74. The SMILES string of the molecule is OCC(CO)(CO)CCS. The highest BCUT2D eigenvalue weighted by Crippen LogP contribution is 2.19. The summed E-state index contributed by atoms with van der Waals surface area (Å²) in [5.74, 6) is 0.557. The van der Waals surface area contributed by atoms with Crippen LogP contribution in [0.5, 0.6) is 0 Å². The number of hydrogen-bond acceptors (Lipinski definition) is 4.